The van der Waals surface area contributed by atoms with Gasteiger partial charge in [0.1, 0.15) is 0 Å². The fourth-order valence-electron chi connectivity index (χ4n) is 1.86. The molecule has 0 fully saturated rings. The van der Waals surface area contributed by atoms with Crippen LogP contribution < -0.4 is 10.0 Å². The first-order valence-electron chi connectivity index (χ1n) is 6.59. The maximum absolute atomic E-state index is 12.1. The normalized spacial score (nSPS) is 11.3. The van der Waals surface area contributed by atoms with Crippen LogP contribution in [0.25, 0.3) is 0 Å². The summed E-state index contributed by atoms with van der Waals surface area (Å²) in [6.07, 6.45) is 0. The molecule has 1 amide bonds. The van der Waals surface area contributed by atoms with Crippen molar-refractivity contribution in [2.75, 3.05) is 7.05 Å². The van der Waals surface area contributed by atoms with Crippen molar-refractivity contribution in [3.8, 4) is 0 Å². The largest absolute Gasteiger partial charge is 0.348 e. The smallest absolute Gasteiger partial charge is 0.251 e. The highest BCUT2D eigenvalue weighted by Gasteiger charge is 2.12. The van der Waals surface area contributed by atoms with Crippen LogP contribution in [0.1, 0.15) is 15.9 Å². The van der Waals surface area contributed by atoms with E-state index in [2.05, 4.69) is 10.0 Å². The van der Waals surface area contributed by atoms with Crippen LogP contribution in [-0.2, 0) is 16.6 Å². The minimum atomic E-state index is -3.52. The highest BCUT2D eigenvalue weighted by molar-refractivity contribution is 7.89. The number of benzene rings is 2. The molecule has 5 nitrogen and oxygen atoms in total. The van der Waals surface area contributed by atoms with Crippen LogP contribution in [0.2, 0.25) is 10.0 Å². The predicted molar refractivity (Wildman–Crippen MR) is 90.3 cm³/mol. The lowest BCUT2D eigenvalue weighted by Gasteiger charge is -2.08. The summed E-state index contributed by atoms with van der Waals surface area (Å²) in [5.41, 5.74) is 1.04. The maximum atomic E-state index is 12.1. The van der Waals surface area contributed by atoms with E-state index in [0.29, 0.717) is 21.2 Å². The zero-order valence-electron chi connectivity index (χ0n) is 12.1. The first-order chi connectivity index (χ1) is 10.8. The molecule has 0 saturated heterocycles. The highest BCUT2D eigenvalue weighted by Crippen LogP contribution is 2.22. The van der Waals surface area contributed by atoms with Gasteiger partial charge in [0, 0.05) is 12.1 Å². The molecule has 122 valence electrons. The number of hydrogen-bond donors (Lipinski definition) is 2. The summed E-state index contributed by atoms with van der Waals surface area (Å²) in [5, 5.41) is 3.36. The quantitative estimate of drug-likeness (QED) is 0.846. The Hall–Kier alpha value is -1.60. The van der Waals surface area contributed by atoms with Gasteiger partial charge in [-0.3, -0.25) is 4.79 Å². The molecule has 0 heterocycles. The van der Waals surface area contributed by atoms with Gasteiger partial charge in [0.05, 0.1) is 14.9 Å². The Balaban J connectivity index is 2.10. The Morgan fingerprint density at radius 3 is 2.48 bits per heavy atom. The summed E-state index contributed by atoms with van der Waals surface area (Å²) in [4.78, 5) is 12.2. The fraction of sp³-hybridized carbons (Fsp3) is 0.133. The van der Waals surface area contributed by atoms with Gasteiger partial charge in [-0.25, -0.2) is 13.1 Å². The summed E-state index contributed by atoms with van der Waals surface area (Å²) in [6, 6.07) is 10.9. The van der Waals surface area contributed by atoms with Crippen LogP contribution in [-0.4, -0.2) is 21.4 Å². The van der Waals surface area contributed by atoms with Crippen molar-refractivity contribution in [3.63, 3.8) is 0 Å². The van der Waals surface area contributed by atoms with Gasteiger partial charge in [-0.1, -0.05) is 35.3 Å². The van der Waals surface area contributed by atoms with Gasteiger partial charge in [0.2, 0.25) is 10.0 Å². The molecule has 0 unspecified atom stereocenters. The number of carbonyl (C=O) groups is 1. The molecule has 0 aliphatic heterocycles. The fourth-order valence-corrected chi connectivity index (χ4v) is 2.96. The van der Waals surface area contributed by atoms with E-state index in [4.69, 9.17) is 23.2 Å². The number of carbonyl (C=O) groups excluding carboxylic acids is 1. The second kappa shape index (κ2) is 7.31. The lowest BCUT2D eigenvalue weighted by molar-refractivity contribution is 0.0951. The van der Waals surface area contributed by atoms with Crippen molar-refractivity contribution in [2.24, 2.45) is 0 Å². The SMILES string of the molecule is CNS(=O)(=O)c1cccc(CNC(=O)c2ccc(Cl)c(Cl)c2)c1. The van der Waals surface area contributed by atoms with E-state index in [0.717, 1.165) is 0 Å². The third-order valence-corrected chi connectivity index (χ3v) is 5.26. The average Bonchev–Trinajstić information content (AvgIpc) is 2.55. The van der Waals surface area contributed by atoms with Crippen LogP contribution >= 0.6 is 23.2 Å². The molecule has 2 N–H and O–H groups in total. The monoisotopic (exact) mass is 372 g/mol. The summed E-state index contributed by atoms with van der Waals surface area (Å²) in [5.74, 6) is -0.328. The number of halogens is 2. The van der Waals surface area contributed by atoms with Gasteiger partial charge in [-0.05, 0) is 42.9 Å². The lowest BCUT2D eigenvalue weighted by atomic mass is 10.2. The highest BCUT2D eigenvalue weighted by atomic mass is 35.5. The third kappa shape index (κ3) is 4.45. The zero-order chi connectivity index (χ0) is 17.0. The van der Waals surface area contributed by atoms with E-state index >= 15 is 0 Å². The Morgan fingerprint density at radius 2 is 1.83 bits per heavy atom. The Morgan fingerprint density at radius 1 is 1.09 bits per heavy atom. The van der Waals surface area contributed by atoms with E-state index in [-0.39, 0.29) is 17.3 Å². The molecule has 0 bridgehead atoms. The second-order valence-corrected chi connectivity index (χ2v) is 7.37. The van der Waals surface area contributed by atoms with E-state index in [9.17, 15) is 13.2 Å². The Kier molecular flexibility index (Phi) is 5.64. The van der Waals surface area contributed by atoms with Crippen molar-refractivity contribution in [1.82, 2.24) is 10.0 Å². The van der Waals surface area contributed by atoms with Crippen LogP contribution in [0.5, 0.6) is 0 Å². The van der Waals surface area contributed by atoms with E-state index < -0.39 is 10.0 Å². The lowest BCUT2D eigenvalue weighted by Crippen LogP contribution is -2.23. The summed E-state index contributed by atoms with van der Waals surface area (Å²) in [6.45, 7) is 0.187. The molecule has 0 aliphatic carbocycles. The van der Waals surface area contributed by atoms with Crippen molar-refractivity contribution in [1.29, 1.82) is 0 Å². The van der Waals surface area contributed by atoms with Gasteiger partial charge in [-0.2, -0.15) is 0 Å². The average molecular weight is 373 g/mol. The standard InChI is InChI=1S/C15H14Cl2N2O3S/c1-18-23(21,22)12-4-2-3-10(7-12)9-19-15(20)11-5-6-13(16)14(17)8-11/h2-8,18H,9H2,1H3,(H,19,20). The van der Waals surface area contributed by atoms with Crippen LogP contribution in [0.3, 0.4) is 0 Å². The molecule has 2 rings (SSSR count). The molecular weight excluding hydrogens is 359 g/mol. The predicted octanol–water partition coefficient (Wildman–Crippen LogP) is 2.83. The molecule has 0 aromatic heterocycles. The Bertz CT molecular complexity index is 838. The zero-order valence-corrected chi connectivity index (χ0v) is 14.5. The first-order valence-corrected chi connectivity index (χ1v) is 8.83. The molecule has 2 aromatic carbocycles. The molecular formula is C15H14Cl2N2O3S. The molecule has 0 aliphatic rings. The molecule has 0 saturated carbocycles. The first kappa shape index (κ1) is 17.7. The number of amides is 1. The molecule has 2 aromatic rings. The van der Waals surface area contributed by atoms with E-state index in [1.165, 1.54) is 25.2 Å². The Labute approximate surface area is 144 Å². The molecule has 0 radical (unpaired) electrons. The third-order valence-electron chi connectivity index (χ3n) is 3.11. The minimum Gasteiger partial charge on any atom is -0.348 e. The number of rotatable bonds is 5. The van der Waals surface area contributed by atoms with Gasteiger partial charge >= 0.3 is 0 Å². The topological polar surface area (TPSA) is 75.3 Å². The van der Waals surface area contributed by atoms with E-state index in [1.807, 2.05) is 0 Å². The van der Waals surface area contributed by atoms with Crippen molar-refractivity contribution in [2.45, 2.75) is 11.4 Å². The maximum Gasteiger partial charge on any atom is 0.251 e. The van der Waals surface area contributed by atoms with Crippen molar-refractivity contribution >= 4 is 39.1 Å². The van der Waals surface area contributed by atoms with Crippen LogP contribution in [0, 0.1) is 0 Å². The van der Waals surface area contributed by atoms with Gasteiger partial charge in [-0.15, -0.1) is 0 Å². The minimum absolute atomic E-state index is 0.140. The molecule has 8 heteroatoms. The van der Waals surface area contributed by atoms with Crippen molar-refractivity contribution < 1.29 is 13.2 Å². The van der Waals surface area contributed by atoms with Gasteiger partial charge in [0.25, 0.3) is 5.91 Å². The second-order valence-electron chi connectivity index (χ2n) is 4.67. The summed E-state index contributed by atoms with van der Waals surface area (Å²) < 4.78 is 25.8. The molecule has 0 atom stereocenters. The number of nitrogens with one attached hydrogen (secondary N) is 2. The molecule has 23 heavy (non-hydrogen) atoms. The van der Waals surface area contributed by atoms with E-state index in [1.54, 1.807) is 24.3 Å². The summed E-state index contributed by atoms with van der Waals surface area (Å²) in [7, 11) is -2.18. The van der Waals surface area contributed by atoms with Crippen LogP contribution in [0.4, 0.5) is 0 Å². The van der Waals surface area contributed by atoms with Gasteiger partial charge in [0.15, 0.2) is 0 Å². The number of sulfonamides is 1. The number of hydrogen-bond acceptors (Lipinski definition) is 3. The van der Waals surface area contributed by atoms with Crippen molar-refractivity contribution in [3.05, 3.63) is 63.6 Å². The summed E-state index contributed by atoms with van der Waals surface area (Å²) >= 11 is 11.7. The van der Waals surface area contributed by atoms with Crippen LogP contribution in [0.15, 0.2) is 47.4 Å². The molecule has 0 spiro atoms. The van der Waals surface area contributed by atoms with Gasteiger partial charge < -0.3 is 5.32 Å².